The fourth-order valence-electron chi connectivity index (χ4n) is 2.15. The van der Waals surface area contributed by atoms with Gasteiger partial charge in [0.25, 0.3) is 0 Å². The lowest BCUT2D eigenvalue weighted by molar-refractivity contribution is -0.253. The lowest BCUT2D eigenvalue weighted by Crippen LogP contribution is -2.60. The van der Waals surface area contributed by atoms with Crippen LogP contribution in [-0.4, -0.2) is 65.7 Å². The van der Waals surface area contributed by atoms with Gasteiger partial charge in [0.1, 0.15) is 12.2 Å². The molecular formula is C13H27NO5. The molecule has 1 saturated heterocycles. The first kappa shape index (κ1) is 15.2. The third-order valence-corrected chi connectivity index (χ3v) is 3.19. The summed E-state index contributed by atoms with van der Waals surface area (Å²) in [6.45, 7) is 4.17. The molecule has 0 aromatic heterocycles. The van der Waals surface area contributed by atoms with Gasteiger partial charge in [-0.2, -0.15) is 0 Å². The van der Waals surface area contributed by atoms with E-state index in [1.165, 1.54) is 0 Å². The van der Waals surface area contributed by atoms with Crippen LogP contribution < -0.4 is 5.32 Å². The number of ether oxygens (including phenoxy) is 2. The molecule has 6 heteroatoms. The number of likely N-dealkylation sites (N-methyl/N-ethyl adjacent to an activating group) is 1. The lowest BCUT2D eigenvalue weighted by Gasteiger charge is -2.42. The van der Waals surface area contributed by atoms with Crippen molar-refractivity contribution in [3.8, 4) is 0 Å². The Labute approximate surface area is 116 Å². The van der Waals surface area contributed by atoms with Crippen molar-refractivity contribution in [1.29, 1.82) is 0 Å². The summed E-state index contributed by atoms with van der Waals surface area (Å²) in [4.78, 5) is 0. The van der Waals surface area contributed by atoms with Gasteiger partial charge in [-0.3, -0.25) is 0 Å². The SMILES string of the molecule is [2H]CC(O)C(O)C1OC(OCC(C)C)CC(O)C1NC. The van der Waals surface area contributed by atoms with Crippen molar-refractivity contribution in [3.05, 3.63) is 0 Å². The molecule has 0 aliphatic carbocycles. The van der Waals surface area contributed by atoms with Gasteiger partial charge >= 0.3 is 0 Å². The lowest BCUT2D eigenvalue weighted by atomic mass is 9.93. The highest BCUT2D eigenvalue weighted by Gasteiger charge is 2.42. The second-order valence-electron chi connectivity index (χ2n) is 5.43. The van der Waals surface area contributed by atoms with E-state index in [1.54, 1.807) is 7.05 Å². The Balaban J connectivity index is 2.71. The summed E-state index contributed by atoms with van der Waals surface area (Å²) in [5.74, 6) is 0.333. The first-order chi connectivity index (χ1) is 9.40. The summed E-state index contributed by atoms with van der Waals surface area (Å²) in [5, 5.41) is 32.7. The number of aliphatic hydroxyl groups excluding tert-OH is 3. The summed E-state index contributed by atoms with van der Waals surface area (Å²) < 4.78 is 18.3. The van der Waals surface area contributed by atoms with E-state index in [-0.39, 0.29) is 6.90 Å². The van der Waals surface area contributed by atoms with Gasteiger partial charge in [-0.05, 0) is 19.9 Å². The molecule has 1 fully saturated rings. The predicted octanol–water partition coefficient (Wildman–Crippen LogP) is -0.535. The van der Waals surface area contributed by atoms with Gasteiger partial charge in [0.2, 0.25) is 0 Å². The van der Waals surface area contributed by atoms with Crippen LogP contribution >= 0.6 is 0 Å². The highest BCUT2D eigenvalue weighted by molar-refractivity contribution is 4.93. The van der Waals surface area contributed by atoms with Crippen LogP contribution in [0.2, 0.25) is 0 Å². The minimum atomic E-state index is -1.25. The van der Waals surface area contributed by atoms with E-state index in [2.05, 4.69) is 5.32 Å². The van der Waals surface area contributed by atoms with Crippen LogP contribution in [0, 0.1) is 5.92 Å². The molecule has 0 amide bonds. The van der Waals surface area contributed by atoms with Crippen LogP contribution in [0.15, 0.2) is 0 Å². The molecule has 0 saturated carbocycles. The van der Waals surface area contributed by atoms with E-state index in [1.807, 2.05) is 13.8 Å². The summed E-state index contributed by atoms with van der Waals surface area (Å²) in [7, 11) is 1.65. The number of rotatable bonds is 6. The van der Waals surface area contributed by atoms with E-state index < -0.39 is 36.7 Å². The van der Waals surface area contributed by atoms with E-state index in [0.29, 0.717) is 18.9 Å². The van der Waals surface area contributed by atoms with Gasteiger partial charge in [0.05, 0.1) is 24.9 Å². The topological polar surface area (TPSA) is 91.2 Å². The fraction of sp³-hybridized carbons (Fsp3) is 1.00. The molecule has 114 valence electrons. The number of hydrogen-bond acceptors (Lipinski definition) is 6. The molecule has 1 aliphatic rings. The Morgan fingerprint density at radius 1 is 1.47 bits per heavy atom. The third kappa shape index (κ3) is 4.66. The molecule has 6 atom stereocenters. The molecule has 0 aromatic rings. The summed E-state index contributed by atoms with van der Waals surface area (Å²) >= 11 is 0. The molecule has 19 heavy (non-hydrogen) atoms. The van der Waals surface area contributed by atoms with Crippen molar-refractivity contribution in [2.75, 3.05) is 13.7 Å². The second kappa shape index (κ2) is 7.52. The Kier molecular flexibility index (Phi) is 6.00. The van der Waals surface area contributed by atoms with Crippen molar-refractivity contribution in [3.63, 3.8) is 0 Å². The zero-order valence-corrected chi connectivity index (χ0v) is 11.8. The first-order valence-corrected chi connectivity index (χ1v) is 6.68. The molecule has 0 spiro atoms. The van der Waals surface area contributed by atoms with Crippen molar-refractivity contribution in [2.24, 2.45) is 5.92 Å². The maximum atomic E-state index is 10.1. The summed E-state index contributed by atoms with van der Waals surface area (Å²) in [5.41, 5.74) is 0. The minimum Gasteiger partial charge on any atom is -0.391 e. The maximum Gasteiger partial charge on any atom is 0.160 e. The fourth-order valence-corrected chi connectivity index (χ4v) is 2.15. The zero-order chi connectivity index (χ0) is 15.3. The largest absolute Gasteiger partial charge is 0.391 e. The van der Waals surface area contributed by atoms with Gasteiger partial charge in [-0.15, -0.1) is 0 Å². The third-order valence-electron chi connectivity index (χ3n) is 3.19. The molecule has 6 nitrogen and oxygen atoms in total. The summed E-state index contributed by atoms with van der Waals surface area (Å²) in [6.07, 6.45) is -4.34. The molecule has 4 N–H and O–H groups in total. The van der Waals surface area contributed by atoms with Crippen LogP contribution in [0.25, 0.3) is 0 Å². The van der Waals surface area contributed by atoms with Gasteiger partial charge < -0.3 is 30.1 Å². The van der Waals surface area contributed by atoms with E-state index in [4.69, 9.17) is 10.8 Å². The molecule has 0 bridgehead atoms. The Bertz CT molecular complexity index is 281. The van der Waals surface area contributed by atoms with E-state index >= 15 is 0 Å². The van der Waals surface area contributed by atoms with Crippen molar-refractivity contribution in [1.82, 2.24) is 5.32 Å². The van der Waals surface area contributed by atoms with E-state index in [0.717, 1.165) is 0 Å². The van der Waals surface area contributed by atoms with Gasteiger partial charge in [-0.25, -0.2) is 0 Å². The van der Waals surface area contributed by atoms with Crippen LogP contribution in [0.1, 0.15) is 28.5 Å². The second-order valence-corrected chi connectivity index (χ2v) is 5.43. The average Bonchev–Trinajstić information content (AvgIpc) is 2.42. The van der Waals surface area contributed by atoms with E-state index in [9.17, 15) is 15.3 Å². The number of aliphatic hydroxyl groups is 3. The Hall–Kier alpha value is -0.240. The Morgan fingerprint density at radius 3 is 2.68 bits per heavy atom. The molecule has 1 heterocycles. The van der Waals surface area contributed by atoms with Gasteiger partial charge in [-0.1, -0.05) is 13.8 Å². The van der Waals surface area contributed by atoms with Crippen molar-refractivity contribution >= 4 is 0 Å². The molecule has 0 aromatic carbocycles. The monoisotopic (exact) mass is 278 g/mol. The zero-order valence-electron chi connectivity index (χ0n) is 12.8. The minimum absolute atomic E-state index is 0.304. The standard InChI is InChI=1S/C13H27NO5/c1-7(2)6-18-10-5-9(16)11(14-4)13(19-10)12(17)8(3)15/h7-17H,5-6H2,1-4H3/i3D. The van der Waals surface area contributed by atoms with Gasteiger partial charge in [0.15, 0.2) is 6.29 Å². The quantitative estimate of drug-likeness (QED) is 0.522. The smallest absolute Gasteiger partial charge is 0.160 e. The van der Waals surface area contributed by atoms with Gasteiger partial charge in [0, 0.05) is 7.79 Å². The molecule has 1 aliphatic heterocycles. The number of nitrogens with one attached hydrogen (secondary N) is 1. The highest BCUT2D eigenvalue weighted by Crippen LogP contribution is 2.25. The maximum absolute atomic E-state index is 10.1. The molecule has 1 rings (SSSR count). The first-order valence-electron chi connectivity index (χ1n) is 7.39. The molecule has 6 unspecified atom stereocenters. The highest BCUT2D eigenvalue weighted by atomic mass is 16.7. The normalized spacial score (nSPS) is 36.1. The van der Waals surface area contributed by atoms with Crippen LogP contribution in [0.5, 0.6) is 0 Å². The Morgan fingerprint density at radius 2 is 2.16 bits per heavy atom. The van der Waals surface area contributed by atoms with Crippen LogP contribution in [-0.2, 0) is 9.47 Å². The predicted molar refractivity (Wildman–Crippen MR) is 70.6 cm³/mol. The molecule has 0 radical (unpaired) electrons. The van der Waals surface area contributed by atoms with Crippen molar-refractivity contribution < 1.29 is 26.2 Å². The average molecular weight is 278 g/mol. The van der Waals surface area contributed by atoms with Crippen LogP contribution in [0.3, 0.4) is 0 Å². The van der Waals surface area contributed by atoms with Crippen LogP contribution in [0.4, 0.5) is 0 Å². The summed E-state index contributed by atoms with van der Waals surface area (Å²) in [6, 6.07) is -0.509. The molecular weight excluding hydrogens is 250 g/mol. The number of hydrogen-bond donors (Lipinski definition) is 4. The van der Waals surface area contributed by atoms with Crippen molar-refractivity contribution in [2.45, 2.75) is 63.9 Å².